The predicted molar refractivity (Wildman–Crippen MR) is 88.8 cm³/mol. The molecule has 1 fully saturated rings. The molecule has 122 valence electrons. The van der Waals surface area contributed by atoms with Gasteiger partial charge >= 0.3 is 0 Å². The molecule has 6 nitrogen and oxygen atoms in total. The molecule has 0 bridgehead atoms. The minimum atomic E-state index is -3.36. The van der Waals surface area contributed by atoms with Gasteiger partial charge in [0.25, 0.3) is 16.1 Å². The summed E-state index contributed by atoms with van der Waals surface area (Å²) >= 11 is 3.33. The van der Waals surface area contributed by atoms with E-state index in [1.54, 1.807) is 12.1 Å². The number of carbonyl (C=O) groups excluding carboxylic acids is 1. The molecular weight excluding hydrogens is 370 g/mol. The van der Waals surface area contributed by atoms with E-state index in [2.05, 4.69) is 21.2 Å². The smallest absolute Gasteiger partial charge is 0.281 e. The molecular formula is C14H20BrN3O3S. The second-order valence-corrected chi connectivity index (χ2v) is 8.50. The summed E-state index contributed by atoms with van der Waals surface area (Å²) in [7, 11) is -0.311. The third-order valence-corrected chi connectivity index (χ3v) is 6.15. The molecule has 1 N–H and O–H groups in total. The Bertz CT molecular complexity index is 623. The number of benzene rings is 1. The molecule has 22 heavy (non-hydrogen) atoms. The number of halogens is 1. The monoisotopic (exact) mass is 389 g/mol. The lowest BCUT2D eigenvalue weighted by Crippen LogP contribution is -2.49. The van der Waals surface area contributed by atoms with Crippen molar-refractivity contribution in [3.63, 3.8) is 0 Å². The molecule has 1 aliphatic rings. The highest BCUT2D eigenvalue weighted by atomic mass is 79.9. The predicted octanol–water partition coefficient (Wildman–Crippen LogP) is 1.45. The van der Waals surface area contributed by atoms with Gasteiger partial charge in [-0.2, -0.15) is 17.0 Å². The Labute approximate surface area is 139 Å². The van der Waals surface area contributed by atoms with Crippen LogP contribution in [0.3, 0.4) is 0 Å². The maximum Gasteiger partial charge on any atom is 0.281 e. The largest absolute Gasteiger partial charge is 0.349 e. The quantitative estimate of drug-likeness (QED) is 0.846. The molecule has 0 aliphatic carbocycles. The second kappa shape index (κ2) is 7.08. The van der Waals surface area contributed by atoms with Gasteiger partial charge in [0.15, 0.2) is 0 Å². The van der Waals surface area contributed by atoms with Crippen LogP contribution in [-0.4, -0.2) is 56.2 Å². The molecule has 8 heteroatoms. The molecule has 0 unspecified atom stereocenters. The van der Waals surface area contributed by atoms with Crippen molar-refractivity contribution >= 4 is 32.0 Å². The van der Waals surface area contributed by atoms with Crippen LogP contribution in [0.4, 0.5) is 0 Å². The lowest BCUT2D eigenvalue weighted by atomic mass is 10.1. The number of hydrogen-bond donors (Lipinski definition) is 1. The number of piperidine rings is 1. The topological polar surface area (TPSA) is 69.7 Å². The zero-order valence-corrected chi connectivity index (χ0v) is 15.0. The van der Waals surface area contributed by atoms with Crippen LogP contribution in [0.5, 0.6) is 0 Å². The Balaban J connectivity index is 1.90. The summed E-state index contributed by atoms with van der Waals surface area (Å²) in [5, 5.41) is 2.97. The highest BCUT2D eigenvalue weighted by Crippen LogP contribution is 2.16. The van der Waals surface area contributed by atoms with Crippen LogP contribution >= 0.6 is 15.9 Å². The Morgan fingerprint density at radius 2 is 1.77 bits per heavy atom. The number of carbonyl (C=O) groups is 1. The Kier molecular flexibility index (Phi) is 5.60. The van der Waals surface area contributed by atoms with Crippen LogP contribution in [0.15, 0.2) is 28.7 Å². The summed E-state index contributed by atoms with van der Waals surface area (Å²) in [6, 6.07) is 7.16. The summed E-state index contributed by atoms with van der Waals surface area (Å²) in [6.07, 6.45) is 1.24. The summed E-state index contributed by atoms with van der Waals surface area (Å²) in [5.74, 6) is -0.124. The maximum absolute atomic E-state index is 12.1. The average molecular weight is 390 g/mol. The van der Waals surface area contributed by atoms with Gasteiger partial charge in [-0.25, -0.2) is 0 Å². The first-order valence-electron chi connectivity index (χ1n) is 7.05. The fourth-order valence-corrected chi connectivity index (χ4v) is 3.73. The van der Waals surface area contributed by atoms with Gasteiger partial charge in [0, 0.05) is 43.3 Å². The zero-order chi connectivity index (χ0) is 16.3. The van der Waals surface area contributed by atoms with Crippen LogP contribution in [0, 0.1) is 0 Å². The first kappa shape index (κ1) is 17.4. The molecule has 2 rings (SSSR count). The molecule has 0 saturated carbocycles. The Hall–Kier alpha value is -0.960. The Morgan fingerprint density at radius 1 is 1.23 bits per heavy atom. The van der Waals surface area contributed by atoms with Crippen molar-refractivity contribution in [2.75, 3.05) is 27.2 Å². The number of nitrogens with zero attached hydrogens (tertiary/aromatic N) is 2. The van der Waals surface area contributed by atoms with Gasteiger partial charge in [-0.15, -0.1) is 0 Å². The molecule has 0 aromatic heterocycles. The van der Waals surface area contributed by atoms with Crippen molar-refractivity contribution in [1.82, 2.24) is 13.9 Å². The molecule has 1 saturated heterocycles. The number of amides is 1. The van der Waals surface area contributed by atoms with Gasteiger partial charge < -0.3 is 5.32 Å². The molecule has 1 amide bonds. The Morgan fingerprint density at radius 3 is 2.27 bits per heavy atom. The van der Waals surface area contributed by atoms with E-state index in [1.165, 1.54) is 22.7 Å². The highest BCUT2D eigenvalue weighted by Gasteiger charge is 2.30. The number of nitrogens with one attached hydrogen (secondary N) is 1. The third-order valence-electron chi connectivity index (χ3n) is 3.68. The number of rotatable bonds is 4. The van der Waals surface area contributed by atoms with Crippen molar-refractivity contribution in [1.29, 1.82) is 0 Å². The van der Waals surface area contributed by atoms with Gasteiger partial charge in [0.1, 0.15) is 0 Å². The first-order valence-corrected chi connectivity index (χ1v) is 9.23. The molecule has 1 aromatic carbocycles. The number of hydrogen-bond acceptors (Lipinski definition) is 3. The molecule has 0 radical (unpaired) electrons. The fraction of sp³-hybridized carbons (Fsp3) is 0.500. The second-order valence-electron chi connectivity index (χ2n) is 5.44. The van der Waals surface area contributed by atoms with Crippen molar-refractivity contribution in [3.05, 3.63) is 34.3 Å². The van der Waals surface area contributed by atoms with E-state index < -0.39 is 10.2 Å². The first-order chi connectivity index (χ1) is 10.3. The summed E-state index contributed by atoms with van der Waals surface area (Å²) < 4.78 is 27.6. The summed E-state index contributed by atoms with van der Waals surface area (Å²) in [5.41, 5.74) is 0.603. The van der Waals surface area contributed by atoms with Crippen LogP contribution in [-0.2, 0) is 10.2 Å². The molecule has 0 spiro atoms. The fourth-order valence-electron chi connectivity index (χ4n) is 2.33. The van der Waals surface area contributed by atoms with Crippen molar-refractivity contribution < 1.29 is 13.2 Å². The summed E-state index contributed by atoms with van der Waals surface area (Å²) in [6.45, 7) is 0.845. The average Bonchev–Trinajstić information content (AvgIpc) is 2.48. The lowest BCUT2D eigenvalue weighted by Gasteiger charge is -2.33. The van der Waals surface area contributed by atoms with Gasteiger partial charge in [-0.3, -0.25) is 4.79 Å². The molecule has 1 heterocycles. The lowest BCUT2D eigenvalue weighted by molar-refractivity contribution is 0.0923. The van der Waals surface area contributed by atoms with E-state index in [0.29, 0.717) is 31.5 Å². The van der Waals surface area contributed by atoms with E-state index in [9.17, 15) is 13.2 Å². The van der Waals surface area contributed by atoms with Crippen molar-refractivity contribution in [2.45, 2.75) is 18.9 Å². The minimum absolute atomic E-state index is 0.00441. The van der Waals surface area contributed by atoms with E-state index >= 15 is 0 Å². The van der Waals surface area contributed by atoms with Crippen molar-refractivity contribution in [3.8, 4) is 0 Å². The minimum Gasteiger partial charge on any atom is -0.349 e. The third kappa shape index (κ3) is 4.07. The van der Waals surface area contributed by atoms with Crippen LogP contribution in [0.1, 0.15) is 23.2 Å². The molecule has 0 atom stereocenters. The van der Waals surface area contributed by atoms with Crippen LogP contribution in [0.2, 0.25) is 0 Å². The zero-order valence-electron chi connectivity index (χ0n) is 12.6. The van der Waals surface area contributed by atoms with E-state index in [1.807, 2.05) is 12.1 Å². The van der Waals surface area contributed by atoms with E-state index in [4.69, 9.17) is 0 Å². The van der Waals surface area contributed by atoms with Gasteiger partial charge in [-0.1, -0.05) is 15.9 Å². The van der Waals surface area contributed by atoms with Crippen LogP contribution < -0.4 is 5.32 Å². The highest BCUT2D eigenvalue weighted by molar-refractivity contribution is 9.10. The van der Waals surface area contributed by atoms with Gasteiger partial charge in [0.05, 0.1) is 0 Å². The standard InChI is InChI=1S/C14H20BrN3O3S/c1-17(2)22(20,21)18-9-7-13(8-10-18)16-14(19)11-3-5-12(15)6-4-11/h3-6,13H,7-10H2,1-2H3,(H,16,19). The van der Waals surface area contributed by atoms with Gasteiger partial charge in [0.2, 0.25) is 0 Å². The normalized spacial score (nSPS) is 17.6. The SMILES string of the molecule is CN(C)S(=O)(=O)N1CCC(NC(=O)c2ccc(Br)cc2)CC1. The van der Waals surface area contributed by atoms with Crippen molar-refractivity contribution in [2.24, 2.45) is 0 Å². The van der Waals surface area contributed by atoms with Crippen LogP contribution in [0.25, 0.3) is 0 Å². The molecule has 1 aromatic rings. The van der Waals surface area contributed by atoms with E-state index in [0.717, 1.165) is 4.47 Å². The maximum atomic E-state index is 12.1. The molecule has 1 aliphatic heterocycles. The summed E-state index contributed by atoms with van der Waals surface area (Å²) in [4.78, 5) is 12.1. The van der Waals surface area contributed by atoms with Gasteiger partial charge in [-0.05, 0) is 37.1 Å². The van der Waals surface area contributed by atoms with E-state index in [-0.39, 0.29) is 11.9 Å².